The van der Waals surface area contributed by atoms with Gasteiger partial charge in [-0.05, 0) is 31.3 Å². The zero-order valence-corrected chi connectivity index (χ0v) is 9.76. The van der Waals surface area contributed by atoms with Crippen LogP contribution in [0.4, 0.5) is 0 Å². The van der Waals surface area contributed by atoms with Crippen molar-refractivity contribution in [1.82, 2.24) is 5.32 Å². The third-order valence-corrected chi connectivity index (χ3v) is 3.99. The van der Waals surface area contributed by atoms with Crippen molar-refractivity contribution in [3.63, 3.8) is 0 Å². The first kappa shape index (κ1) is 10.6. The van der Waals surface area contributed by atoms with E-state index in [2.05, 4.69) is 11.4 Å². The first-order valence-electron chi connectivity index (χ1n) is 5.03. The summed E-state index contributed by atoms with van der Waals surface area (Å²) < 4.78 is 4.88. The summed E-state index contributed by atoms with van der Waals surface area (Å²) >= 11 is 1.68. The lowest BCUT2D eigenvalue weighted by Gasteiger charge is -2.23. The number of methoxy groups -OCH3 is 1. The van der Waals surface area contributed by atoms with Crippen LogP contribution in [0.25, 0.3) is 0 Å². The summed E-state index contributed by atoms with van der Waals surface area (Å²) in [5.41, 5.74) is -0.311. The Morgan fingerprint density at radius 2 is 2.40 bits per heavy atom. The molecule has 1 aromatic heterocycles. The topological polar surface area (TPSA) is 38.3 Å². The predicted molar refractivity (Wildman–Crippen MR) is 59.8 cm³/mol. The molecule has 4 heteroatoms. The molecule has 1 saturated carbocycles. The molecule has 0 spiro atoms. The number of rotatable bonds is 4. The molecule has 3 nitrogen and oxygen atoms in total. The second-order valence-corrected chi connectivity index (χ2v) is 4.86. The average Bonchev–Trinajstić information content (AvgIpc) is 2.87. The lowest BCUT2D eigenvalue weighted by Crippen LogP contribution is -2.32. The highest BCUT2D eigenvalue weighted by Crippen LogP contribution is 2.56. The van der Waals surface area contributed by atoms with Gasteiger partial charge in [-0.2, -0.15) is 0 Å². The van der Waals surface area contributed by atoms with E-state index in [9.17, 15) is 4.79 Å². The van der Waals surface area contributed by atoms with Crippen LogP contribution >= 0.6 is 11.3 Å². The molecule has 1 atom stereocenters. The van der Waals surface area contributed by atoms with E-state index in [1.54, 1.807) is 11.3 Å². The highest BCUT2D eigenvalue weighted by molar-refractivity contribution is 7.10. The number of carbonyl (C=O) groups is 1. The molecule has 15 heavy (non-hydrogen) atoms. The monoisotopic (exact) mass is 225 g/mol. The Balaban J connectivity index is 2.24. The number of nitrogens with one attached hydrogen (secondary N) is 1. The summed E-state index contributed by atoms with van der Waals surface area (Å²) in [6.07, 6.45) is 1.84. The second-order valence-electron chi connectivity index (χ2n) is 3.88. The normalized spacial score (nSPS) is 19.6. The van der Waals surface area contributed by atoms with E-state index in [1.807, 2.05) is 18.5 Å². The molecule has 1 aliphatic rings. The lowest BCUT2D eigenvalue weighted by molar-refractivity contribution is -0.148. The van der Waals surface area contributed by atoms with Gasteiger partial charge in [0.15, 0.2) is 0 Å². The minimum atomic E-state index is -0.311. The summed E-state index contributed by atoms with van der Waals surface area (Å²) in [5, 5.41) is 5.27. The van der Waals surface area contributed by atoms with Gasteiger partial charge in [-0.25, -0.2) is 0 Å². The average molecular weight is 225 g/mol. The Kier molecular flexibility index (Phi) is 2.80. The largest absolute Gasteiger partial charge is 0.469 e. The maximum Gasteiger partial charge on any atom is 0.313 e. The van der Waals surface area contributed by atoms with Crippen molar-refractivity contribution < 1.29 is 9.53 Å². The van der Waals surface area contributed by atoms with Crippen molar-refractivity contribution in [2.24, 2.45) is 5.41 Å². The number of hydrogen-bond acceptors (Lipinski definition) is 4. The lowest BCUT2D eigenvalue weighted by atomic mass is 9.95. The highest BCUT2D eigenvalue weighted by atomic mass is 32.1. The van der Waals surface area contributed by atoms with Crippen molar-refractivity contribution in [3.8, 4) is 0 Å². The fourth-order valence-corrected chi connectivity index (χ4v) is 3.05. The predicted octanol–water partition coefficient (Wildman–Crippen LogP) is 1.96. The smallest absolute Gasteiger partial charge is 0.313 e. The molecule has 2 rings (SSSR count). The first-order chi connectivity index (χ1) is 7.24. The Morgan fingerprint density at radius 3 is 2.80 bits per heavy atom. The van der Waals surface area contributed by atoms with Gasteiger partial charge in [0, 0.05) is 4.88 Å². The van der Waals surface area contributed by atoms with Gasteiger partial charge >= 0.3 is 5.97 Å². The van der Waals surface area contributed by atoms with Crippen LogP contribution in [0.15, 0.2) is 17.5 Å². The zero-order valence-electron chi connectivity index (χ0n) is 8.95. The van der Waals surface area contributed by atoms with Crippen LogP contribution in [0.5, 0.6) is 0 Å². The molecule has 82 valence electrons. The Labute approximate surface area is 93.4 Å². The van der Waals surface area contributed by atoms with Gasteiger partial charge < -0.3 is 10.1 Å². The Morgan fingerprint density at radius 1 is 1.67 bits per heavy atom. The maximum atomic E-state index is 11.7. The van der Waals surface area contributed by atoms with E-state index in [4.69, 9.17) is 4.74 Å². The van der Waals surface area contributed by atoms with Crippen LogP contribution in [0.1, 0.15) is 23.8 Å². The van der Waals surface area contributed by atoms with Crippen LogP contribution < -0.4 is 5.32 Å². The summed E-state index contributed by atoms with van der Waals surface area (Å²) in [6.45, 7) is 0. The number of ether oxygens (including phenoxy) is 1. The minimum absolute atomic E-state index is 0.0877. The number of esters is 1. The molecule has 1 fully saturated rings. The van der Waals surface area contributed by atoms with Crippen molar-refractivity contribution >= 4 is 17.3 Å². The Bertz CT molecular complexity index is 343. The minimum Gasteiger partial charge on any atom is -0.469 e. The number of carbonyl (C=O) groups excluding carboxylic acids is 1. The molecule has 0 radical (unpaired) electrons. The highest BCUT2D eigenvalue weighted by Gasteiger charge is 2.57. The molecular weight excluding hydrogens is 210 g/mol. The molecule has 1 aromatic rings. The molecule has 0 aromatic carbocycles. The molecule has 0 saturated heterocycles. The Hall–Kier alpha value is -0.870. The van der Waals surface area contributed by atoms with E-state index in [1.165, 1.54) is 12.0 Å². The van der Waals surface area contributed by atoms with Gasteiger partial charge in [0.05, 0.1) is 18.6 Å². The van der Waals surface area contributed by atoms with Crippen molar-refractivity contribution in [2.45, 2.75) is 18.9 Å². The third kappa shape index (κ3) is 1.68. The quantitative estimate of drug-likeness (QED) is 0.796. The van der Waals surface area contributed by atoms with Crippen molar-refractivity contribution in [1.29, 1.82) is 0 Å². The van der Waals surface area contributed by atoms with Gasteiger partial charge in [-0.15, -0.1) is 11.3 Å². The summed E-state index contributed by atoms with van der Waals surface area (Å²) in [6, 6.07) is 4.18. The van der Waals surface area contributed by atoms with Crippen molar-refractivity contribution in [2.75, 3.05) is 14.2 Å². The van der Waals surface area contributed by atoms with E-state index >= 15 is 0 Å². The van der Waals surface area contributed by atoms with Gasteiger partial charge in [-0.3, -0.25) is 4.79 Å². The molecule has 0 aliphatic heterocycles. The maximum absolute atomic E-state index is 11.7. The summed E-state index contributed by atoms with van der Waals surface area (Å²) in [5.74, 6) is -0.0877. The van der Waals surface area contributed by atoms with E-state index in [-0.39, 0.29) is 17.4 Å². The van der Waals surface area contributed by atoms with E-state index in [0.29, 0.717) is 0 Å². The fraction of sp³-hybridized carbons (Fsp3) is 0.545. The van der Waals surface area contributed by atoms with Gasteiger partial charge in [0.1, 0.15) is 0 Å². The molecule has 1 heterocycles. The van der Waals surface area contributed by atoms with E-state index in [0.717, 1.165) is 12.8 Å². The SMILES string of the molecule is CNC(c1cccs1)C1(C(=O)OC)CC1. The van der Waals surface area contributed by atoms with E-state index < -0.39 is 0 Å². The van der Waals surface area contributed by atoms with Crippen LogP contribution in [-0.4, -0.2) is 20.1 Å². The molecule has 1 unspecified atom stereocenters. The number of thiophene rings is 1. The van der Waals surface area contributed by atoms with Gasteiger partial charge in [0.2, 0.25) is 0 Å². The molecular formula is C11H15NO2S. The standard InChI is InChI=1S/C11H15NO2S/c1-12-9(8-4-3-7-15-8)11(5-6-11)10(13)14-2/h3-4,7,9,12H,5-6H2,1-2H3. The van der Waals surface area contributed by atoms with Crippen molar-refractivity contribution in [3.05, 3.63) is 22.4 Å². The summed E-state index contributed by atoms with van der Waals surface area (Å²) in [7, 11) is 3.36. The molecule has 0 amide bonds. The molecule has 1 N–H and O–H groups in total. The van der Waals surface area contributed by atoms with Gasteiger partial charge in [0.25, 0.3) is 0 Å². The molecule has 1 aliphatic carbocycles. The fourth-order valence-electron chi connectivity index (χ4n) is 2.09. The molecule has 0 bridgehead atoms. The second kappa shape index (κ2) is 3.94. The van der Waals surface area contributed by atoms with Gasteiger partial charge in [-0.1, -0.05) is 6.07 Å². The van der Waals surface area contributed by atoms with Crippen LogP contribution in [0, 0.1) is 5.41 Å². The van der Waals surface area contributed by atoms with Crippen LogP contribution in [0.2, 0.25) is 0 Å². The third-order valence-electron chi connectivity index (χ3n) is 3.05. The number of hydrogen-bond donors (Lipinski definition) is 1. The van der Waals surface area contributed by atoms with Crippen LogP contribution in [-0.2, 0) is 9.53 Å². The zero-order chi connectivity index (χ0) is 10.9. The van der Waals surface area contributed by atoms with Crippen LogP contribution in [0.3, 0.4) is 0 Å². The summed E-state index contributed by atoms with van der Waals surface area (Å²) in [4.78, 5) is 12.9. The first-order valence-corrected chi connectivity index (χ1v) is 5.91.